The molecule has 0 aliphatic carbocycles. The van der Waals surface area contributed by atoms with Crippen LogP contribution in [0, 0.1) is 0 Å². The van der Waals surface area contributed by atoms with E-state index < -0.39 is 10.0 Å². The van der Waals surface area contributed by atoms with E-state index in [2.05, 4.69) is 22.0 Å². The molecule has 0 atom stereocenters. The Balaban J connectivity index is 0.00000392. The van der Waals surface area contributed by atoms with E-state index in [1.165, 1.54) is 12.7 Å². The highest BCUT2D eigenvalue weighted by Crippen LogP contribution is 2.13. The number of halogens is 1. The fourth-order valence-corrected chi connectivity index (χ4v) is 3.44. The maximum Gasteiger partial charge on any atom is 0.240 e. The molecule has 154 valence electrons. The van der Waals surface area contributed by atoms with Gasteiger partial charge >= 0.3 is 0 Å². The molecular formula is C19H27IN4O3S. The Bertz CT molecular complexity index is 871. The van der Waals surface area contributed by atoms with Crippen molar-refractivity contribution in [3.05, 3.63) is 59.7 Å². The second-order valence-corrected chi connectivity index (χ2v) is 7.68. The van der Waals surface area contributed by atoms with Crippen LogP contribution in [0.15, 0.2) is 58.4 Å². The van der Waals surface area contributed by atoms with Gasteiger partial charge in [0.25, 0.3) is 0 Å². The summed E-state index contributed by atoms with van der Waals surface area (Å²) in [5.74, 6) is 0.269. The van der Waals surface area contributed by atoms with Crippen molar-refractivity contribution < 1.29 is 13.2 Å². The van der Waals surface area contributed by atoms with E-state index in [1.54, 1.807) is 24.3 Å². The smallest absolute Gasteiger partial charge is 0.240 e. The van der Waals surface area contributed by atoms with Crippen LogP contribution in [0.1, 0.15) is 18.1 Å². The number of aliphatic imine (C=N–C) groups is 1. The highest BCUT2D eigenvalue weighted by Gasteiger charge is 2.13. The molecule has 0 amide bonds. The van der Waals surface area contributed by atoms with Gasteiger partial charge in [0.2, 0.25) is 10.0 Å². The van der Waals surface area contributed by atoms with Gasteiger partial charge in [-0.1, -0.05) is 31.2 Å². The molecule has 0 saturated carbocycles. The van der Waals surface area contributed by atoms with Crippen molar-refractivity contribution in [3.63, 3.8) is 0 Å². The molecule has 0 bridgehead atoms. The Kier molecular flexibility index (Phi) is 10.4. The molecule has 4 N–H and O–H groups in total. The summed E-state index contributed by atoms with van der Waals surface area (Å²) in [4.78, 5) is 4.47. The van der Waals surface area contributed by atoms with Crippen LogP contribution in [0.4, 0.5) is 5.69 Å². The van der Waals surface area contributed by atoms with Gasteiger partial charge in [0.15, 0.2) is 5.96 Å². The second-order valence-electron chi connectivity index (χ2n) is 5.91. The lowest BCUT2D eigenvalue weighted by molar-refractivity contribution is 0.204. The molecular weight excluding hydrogens is 491 g/mol. The summed E-state index contributed by atoms with van der Waals surface area (Å²) in [5.41, 5.74) is 8.77. The molecule has 0 aliphatic heterocycles. The fraction of sp³-hybridized carbons (Fsp3) is 0.316. The number of nitrogens with zero attached hydrogens (tertiary/aromatic N) is 1. The summed E-state index contributed by atoms with van der Waals surface area (Å²) < 4.78 is 31.8. The van der Waals surface area contributed by atoms with Crippen LogP contribution in [-0.2, 0) is 27.7 Å². The summed E-state index contributed by atoms with van der Waals surface area (Å²) in [7, 11) is -2.06. The molecule has 2 aromatic carbocycles. The highest BCUT2D eigenvalue weighted by molar-refractivity contribution is 14.0. The number of hydrogen-bond acceptors (Lipinski definition) is 4. The van der Waals surface area contributed by atoms with E-state index in [1.807, 2.05) is 24.3 Å². The van der Waals surface area contributed by atoms with Gasteiger partial charge in [-0.3, -0.25) is 0 Å². The van der Waals surface area contributed by atoms with Crippen molar-refractivity contribution in [1.29, 1.82) is 0 Å². The van der Waals surface area contributed by atoms with Gasteiger partial charge in [0.05, 0.1) is 18.0 Å². The van der Waals surface area contributed by atoms with Gasteiger partial charge in [-0.05, 0) is 41.8 Å². The van der Waals surface area contributed by atoms with Gasteiger partial charge in [-0.2, -0.15) is 0 Å². The van der Waals surface area contributed by atoms with Crippen molar-refractivity contribution in [2.45, 2.75) is 24.8 Å². The zero-order chi connectivity index (χ0) is 19.7. The summed E-state index contributed by atoms with van der Waals surface area (Å²) in [6.07, 6.45) is 0.976. The molecule has 2 aromatic rings. The number of benzene rings is 2. The maximum absolute atomic E-state index is 12.3. The van der Waals surface area contributed by atoms with Gasteiger partial charge in [-0.15, -0.1) is 24.0 Å². The van der Waals surface area contributed by atoms with Crippen LogP contribution in [0.3, 0.4) is 0 Å². The third kappa shape index (κ3) is 7.74. The number of ether oxygens (including phenoxy) is 1. The lowest BCUT2D eigenvalue weighted by atomic mass is 10.1. The molecule has 9 heteroatoms. The third-order valence-corrected chi connectivity index (χ3v) is 5.33. The summed E-state index contributed by atoms with van der Waals surface area (Å²) >= 11 is 0. The third-order valence-electron chi connectivity index (χ3n) is 3.87. The van der Waals surface area contributed by atoms with E-state index in [0.717, 1.165) is 17.7 Å². The van der Waals surface area contributed by atoms with Gasteiger partial charge < -0.3 is 15.8 Å². The first-order valence-corrected chi connectivity index (χ1v) is 10.2. The van der Waals surface area contributed by atoms with Crippen LogP contribution in [0.5, 0.6) is 0 Å². The molecule has 0 fully saturated rings. The molecule has 2 rings (SSSR count). The van der Waals surface area contributed by atoms with Gasteiger partial charge in [0.1, 0.15) is 0 Å². The molecule has 0 radical (unpaired) electrons. The van der Waals surface area contributed by atoms with E-state index in [9.17, 15) is 8.42 Å². The normalized spacial score (nSPS) is 11.7. The minimum atomic E-state index is -3.57. The number of nitrogens with two attached hydrogens (primary N) is 1. The molecule has 0 spiro atoms. The van der Waals surface area contributed by atoms with Crippen LogP contribution >= 0.6 is 24.0 Å². The number of rotatable bonds is 9. The molecule has 7 nitrogen and oxygen atoms in total. The van der Waals surface area contributed by atoms with Crippen molar-refractivity contribution in [3.8, 4) is 0 Å². The number of anilines is 1. The molecule has 0 saturated heterocycles. The highest BCUT2D eigenvalue weighted by atomic mass is 127. The van der Waals surface area contributed by atoms with Crippen molar-refractivity contribution >= 4 is 45.6 Å². The zero-order valence-electron chi connectivity index (χ0n) is 16.0. The van der Waals surface area contributed by atoms with E-state index in [0.29, 0.717) is 6.61 Å². The van der Waals surface area contributed by atoms with Crippen molar-refractivity contribution in [1.82, 2.24) is 4.72 Å². The molecule has 0 unspecified atom stereocenters. The van der Waals surface area contributed by atoms with Crippen LogP contribution in [-0.4, -0.2) is 34.6 Å². The van der Waals surface area contributed by atoms with Crippen LogP contribution in [0.25, 0.3) is 0 Å². The molecule has 28 heavy (non-hydrogen) atoms. The predicted molar refractivity (Wildman–Crippen MR) is 124 cm³/mol. The number of sulfonamides is 1. The standard InChI is InChI=1S/C19H26N4O3S.HI/c1-3-15-7-9-17(10-8-15)23-19(20)21-14-16-5-4-6-18(13-16)27(24,25)22-11-12-26-2;/h4-10,13,22H,3,11-12,14H2,1-2H3,(H3,20,21,23);1H. The average Bonchev–Trinajstić information content (AvgIpc) is 2.67. The first-order chi connectivity index (χ1) is 12.9. The van der Waals surface area contributed by atoms with Crippen LogP contribution in [0.2, 0.25) is 0 Å². The first kappa shape index (κ1) is 24.3. The summed E-state index contributed by atoms with van der Waals surface area (Å²) in [6.45, 7) is 2.90. The van der Waals surface area contributed by atoms with Gasteiger partial charge in [0, 0.05) is 19.3 Å². The Labute approximate surface area is 183 Å². The lowest BCUT2D eigenvalue weighted by Gasteiger charge is -2.08. The Morgan fingerprint density at radius 2 is 1.86 bits per heavy atom. The number of nitrogens with one attached hydrogen (secondary N) is 2. The van der Waals surface area contributed by atoms with Crippen molar-refractivity contribution in [2.24, 2.45) is 10.7 Å². The zero-order valence-corrected chi connectivity index (χ0v) is 19.2. The lowest BCUT2D eigenvalue weighted by Crippen LogP contribution is -2.27. The van der Waals surface area contributed by atoms with Crippen molar-refractivity contribution in [2.75, 3.05) is 25.6 Å². The fourth-order valence-electron chi connectivity index (χ4n) is 2.36. The van der Waals surface area contributed by atoms with Gasteiger partial charge in [-0.25, -0.2) is 18.1 Å². The number of aryl methyl sites for hydroxylation is 1. The molecule has 0 aliphatic rings. The SMILES string of the molecule is CCc1ccc(NC(N)=NCc2cccc(S(=O)(=O)NCCOC)c2)cc1.I. The Morgan fingerprint density at radius 3 is 2.50 bits per heavy atom. The second kappa shape index (κ2) is 12.0. The topological polar surface area (TPSA) is 106 Å². The van der Waals surface area contributed by atoms with E-state index in [-0.39, 0.29) is 47.9 Å². The molecule has 0 aromatic heterocycles. The average molecular weight is 518 g/mol. The van der Waals surface area contributed by atoms with E-state index >= 15 is 0 Å². The monoisotopic (exact) mass is 518 g/mol. The number of hydrogen-bond donors (Lipinski definition) is 3. The number of guanidine groups is 1. The Hall–Kier alpha value is -1.69. The maximum atomic E-state index is 12.3. The quantitative estimate of drug-likeness (QED) is 0.205. The summed E-state index contributed by atoms with van der Waals surface area (Å²) in [6, 6.07) is 14.6. The largest absolute Gasteiger partial charge is 0.383 e. The number of methoxy groups -OCH3 is 1. The predicted octanol–water partition coefficient (Wildman–Crippen LogP) is 2.72. The molecule has 0 heterocycles. The van der Waals surface area contributed by atoms with Crippen LogP contribution < -0.4 is 15.8 Å². The minimum absolute atomic E-state index is 0. The first-order valence-electron chi connectivity index (χ1n) is 8.68. The summed E-state index contributed by atoms with van der Waals surface area (Å²) in [5, 5.41) is 3.03. The van der Waals surface area contributed by atoms with E-state index in [4.69, 9.17) is 10.5 Å². The minimum Gasteiger partial charge on any atom is -0.383 e. The Morgan fingerprint density at radius 1 is 1.14 bits per heavy atom.